The first-order chi connectivity index (χ1) is 12.2. The molecule has 0 aliphatic rings. The Hall–Kier alpha value is -2.86. The molecule has 7 heteroatoms. The predicted octanol–water partition coefficient (Wildman–Crippen LogP) is 1.39. The van der Waals surface area contributed by atoms with E-state index in [1.807, 2.05) is 20.8 Å². The Morgan fingerprint density at radius 3 is 2.31 bits per heavy atom. The van der Waals surface area contributed by atoms with Crippen molar-refractivity contribution in [2.24, 2.45) is 0 Å². The third-order valence-corrected chi connectivity index (χ3v) is 4.08. The van der Waals surface area contributed by atoms with Gasteiger partial charge in [-0.3, -0.25) is 9.59 Å². The zero-order chi connectivity index (χ0) is 18.9. The molecule has 0 radical (unpaired) electrons. The van der Waals surface area contributed by atoms with Gasteiger partial charge >= 0.3 is 0 Å². The molecule has 0 aliphatic heterocycles. The second kappa shape index (κ2) is 6.80. The number of benzene rings is 1. The summed E-state index contributed by atoms with van der Waals surface area (Å²) in [5, 5.41) is 0.860. The van der Waals surface area contributed by atoms with Crippen molar-refractivity contribution in [3.05, 3.63) is 84.0 Å². The molecule has 3 N–H and O–H groups in total. The zero-order valence-corrected chi connectivity index (χ0v) is 15.4. The Kier molecular flexibility index (Phi) is 4.70. The van der Waals surface area contributed by atoms with Gasteiger partial charge in [0, 0.05) is 16.1 Å². The molecule has 26 heavy (non-hydrogen) atoms. The van der Waals surface area contributed by atoms with Gasteiger partial charge in [-0.2, -0.15) is 0 Å². The highest BCUT2D eigenvalue weighted by molar-refractivity contribution is 6.30. The molecule has 0 bridgehead atoms. The smallest absolute Gasteiger partial charge is 0.272 e. The van der Waals surface area contributed by atoms with E-state index < -0.39 is 11.1 Å². The molecule has 2 aromatic heterocycles. The second-order valence-electron chi connectivity index (χ2n) is 6.99. The van der Waals surface area contributed by atoms with Crippen molar-refractivity contribution in [2.45, 2.75) is 26.2 Å². The summed E-state index contributed by atoms with van der Waals surface area (Å²) in [5.74, 6) is 0. The molecule has 1 aromatic carbocycles. The lowest BCUT2D eigenvalue weighted by Crippen LogP contribution is -2.46. The highest BCUT2D eigenvalue weighted by Crippen LogP contribution is 2.22. The Balaban J connectivity index is 2.14. The number of aromatic nitrogens is 4. The normalized spacial score (nSPS) is 13.4. The number of aromatic amines is 3. The van der Waals surface area contributed by atoms with Crippen molar-refractivity contribution >= 4 is 23.8 Å². The number of rotatable bonds is 2. The summed E-state index contributed by atoms with van der Waals surface area (Å²) in [6.45, 7) is 6.11. The zero-order valence-electron chi connectivity index (χ0n) is 14.7. The maximum Gasteiger partial charge on any atom is 0.272 e. The molecule has 0 unspecified atom stereocenters. The van der Waals surface area contributed by atoms with Crippen LogP contribution >= 0.6 is 11.6 Å². The van der Waals surface area contributed by atoms with Crippen LogP contribution in [0.5, 0.6) is 0 Å². The van der Waals surface area contributed by atoms with Gasteiger partial charge < -0.3 is 15.0 Å². The monoisotopic (exact) mass is 370 g/mol. The Labute approximate surface area is 154 Å². The van der Waals surface area contributed by atoms with E-state index in [9.17, 15) is 9.59 Å². The van der Waals surface area contributed by atoms with Gasteiger partial charge in [0.1, 0.15) is 10.7 Å². The first-order valence-corrected chi connectivity index (χ1v) is 8.47. The van der Waals surface area contributed by atoms with E-state index in [1.165, 1.54) is 0 Å². The number of H-pyrrole nitrogens is 3. The fraction of sp³-hybridized carbons (Fsp3) is 0.211. The maximum atomic E-state index is 12.4. The largest absolute Gasteiger partial charge is 0.348 e. The van der Waals surface area contributed by atoms with E-state index in [0.29, 0.717) is 10.7 Å². The Bertz CT molecular complexity index is 1180. The van der Waals surface area contributed by atoms with Gasteiger partial charge in [0.2, 0.25) is 0 Å². The molecule has 0 fully saturated rings. The van der Waals surface area contributed by atoms with Gasteiger partial charge in [-0.15, -0.1) is 0 Å². The lowest BCUT2D eigenvalue weighted by atomic mass is 9.90. The van der Waals surface area contributed by atoms with Crippen LogP contribution in [0.4, 0.5) is 0 Å². The highest BCUT2D eigenvalue weighted by atomic mass is 35.5. The van der Waals surface area contributed by atoms with Crippen LogP contribution in [0.2, 0.25) is 5.02 Å². The van der Waals surface area contributed by atoms with Crippen LogP contribution in [0.25, 0.3) is 12.2 Å². The number of halogens is 1. The number of nitrogens with zero attached hydrogens (tertiary/aromatic N) is 1. The van der Waals surface area contributed by atoms with Crippen molar-refractivity contribution in [3.8, 4) is 0 Å². The third-order valence-electron chi connectivity index (χ3n) is 3.85. The van der Waals surface area contributed by atoms with E-state index in [0.717, 1.165) is 11.3 Å². The van der Waals surface area contributed by atoms with Crippen LogP contribution < -0.4 is 21.8 Å². The molecule has 0 aliphatic carbocycles. The number of imidazole rings is 1. The molecule has 6 nitrogen and oxygen atoms in total. The molecule has 0 saturated heterocycles. The molecule has 0 atom stereocenters. The number of hydrogen-bond donors (Lipinski definition) is 3. The summed E-state index contributed by atoms with van der Waals surface area (Å²) in [7, 11) is 0. The van der Waals surface area contributed by atoms with Crippen molar-refractivity contribution in [3.63, 3.8) is 0 Å². The van der Waals surface area contributed by atoms with E-state index >= 15 is 0 Å². The summed E-state index contributed by atoms with van der Waals surface area (Å²) >= 11 is 5.95. The van der Waals surface area contributed by atoms with Crippen molar-refractivity contribution in [2.75, 3.05) is 0 Å². The van der Waals surface area contributed by atoms with Gasteiger partial charge in [0.15, 0.2) is 0 Å². The van der Waals surface area contributed by atoms with E-state index in [1.54, 1.807) is 42.7 Å². The standard InChI is InChI=1S/C19H19ClN4O2/c1-19(2,3)16-13(21-10-22-16)9-15-18(26)23-14(17(25)24-15)8-11-5-4-6-12(20)7-11/h4-10H,1-3H3,(H,21,22)(H,23,26)(H,24,25). The molecule has 0 saturated carbocycles. The van der Waals surface area contributed by atoms with Crippen molar-refractivity contribution < 1.29 is 0 Å². The average molecular weight is 371 g/mol. The number of hydrogen-bond acceptors (Lipinski definition) is 3. The topological polar surface area (TPSA) is 94.4 Å². The van der Waals surface area contributed by atoms with Crippen LogP contribution in [-0.4, -0.2) is 19.9 Å². The summed E-state index contributed by atoms with van der Waals surface area (Å²) in [6, 6.07) is 7.01. The second-order valence-corrected chi connectivity index (χ2v) is 7.43. The van der Waals surface area contributed by atoms with Gasteiger partial charge in [-0.1, -0.05) is 44.5 Å². The molecular weight excluding hydrogens is 352 g/mol. The average Bonchev–Trinajstić information content (AvgIpc) is 3.01. The minimum atomic E-state index is -0.402. The minimum absolute atomic E-state index is 0.149. The SMILES string of the molecule is CC(C)(C)c1[nH]cnc1C=c1[nH]c(=O)c(=Cc2cccc(Cl)c2)[nH]c1=O. The van der Waals surface area contributed by atoms with Gasteiger partial charge in [-0.05, 0) is 29.8 Å². The molecule has 3 rings (SSSR count). The molecule has 0 spiro atoms. The highest BCUT2D eigenvalue weighted by Gasteiger charge is 2.19. The molecule has 2 heterocycles. The molecule has 3 aromatic rings. The first-order valence-electron chi connectivity index (χ1n) is 8.09. The van der Waals surface area contributed by atoms with E-state index in [2.05, 4.69) is 19.9 Å². The van der Waals surface area contributed by atoms with E-state index in [-0.39, 0.29) is 16.1 Å². The fourth-order valence-electron chi connectivity index (χ4n) is 2.61. The molecule has 134 valence electrons. The predicted molar refractivity (Wildman–Crippen MR) is 103 cm³/mol. The summed E-state index contributed by atoms with van der Waals surface area (Å²) in [5.41, 5.74) is 1.25. The minimum Gasteiger partial charge on any atom is -0.348 e. The van der Waals surface area contributed by atoms with Crippen LogP contribution in [0.3, 0.4) is 0 Å². The van der Waals surface area contributed by atoms with Crippen molar-refractivity contribution in [1.82, 2.24) is 19.9 Å². The van der Waals surface area contributed by atoms with E-state index in [4.69, 9.17) is 11.6 Å². The van der Waals surface area contributed by atoms with Gasteiger partial charge in [0.05, 0.1) is 12.0 Å². The first kappa shape index (κ1) is 17.9. The Morgan fingerprint density at radius 1 is 1.04 bits per heavy atom. The Morgan fingerprint density at radius 2 is 1.69 bits per heavy atom. The lowest BCUT2D eigenvalue weighted by Gasteiger charge is -2.16. The molecular formula is C19H19ClN4O2. The number of nitrogens with one attached hydrogen (secondary N) is 3. The van der Waals surface area contributed by atoms with Gasteiger partial charge in [-0.25, -0.2) is 4.98 Å². The van der Waals surface area contributed by atoms with Gasteiger partial charge in [0.25, 0.3) is 11.1 Å². The molecule has 0 amide bonds. The third kappa shape index (κ3) is 3.86. The van der Waals surface area contributed by atoms with Crippen LogP contribution in [0.1, 0.15) is 37.7 Å². The van der Waals surface area contributed by atoms with Crippen molar-refractivity contribution in [1.29, 1.82) is 0 Å². The quantitative estimate of drug-likeness (QED) is 0.636. The van der Waals surface area contributed by atoms with Crippen LogP contribution in [-0.2, 0) is 5.41 Å². The van der Waals surface area contributed by atoms with Crippen LogP contribution in [0, 0.1) is 0 Å². The lowest BCUT2D eigenvalue weighted by molar-refractivity contribution is 0.571. The summed E-state index contributed by atoms with van der Waals surface area (Å²) in [6.07, 6.45) is 4.71. The van der Waals surface area contributed by atoms with Crippen LogP contribution in [0.15, 0.2) is 40.2 Å². The summed E-state index contributed by atoms with van der Waals surface area (Å²) in [4.78, 5) is 37.3. The maximum absolute atomic E-state index is 12.4. The summed E-state index contributed by atoms with van der Waals surface area (Å²) < 4.78 is 0. The fourth-order valence-corrected chi connectivity index (χ4v) is 2.81.